The number of nitro benzene ring substituents is 1. The van der Waals surface area contributed by atoms with Crippen LogP contribution in [0.15, 0.2) is 36.7 Å². The molecule has 0 radical (unpaired) electrons. The second-order valence-corrected chi connectivity index (χ2v) is 6.35. The minimum absolute atomic E-state index is 0.0272. The Morgan fingerprint density at radius 1 is 1.23 bits per heavy atom. The predicted octanol–water partition coefficient (Wildman–Crippen LogP) is 2.81. The standard InChI is InChI=1S/C18H20N4O4/c1-12-3-4-13(11-16(12)22(24)25)17(23)21-14-5-7-15(8-6-14)26-18-19-9-2-10-20-18/h2-4,9-11,14-15H,5-8H2,1H3,(H,21,23). The Kier molecular flexibility index (Phi) is 5.40. The lowest BCUT2D eigenvalue weighted by Crippen LogP contribution is -2.39. The van der Waals surface area contributed by atoms with Crippen LogP contribution in [0.1, 0.15) is 41.6 Å². The molecular formula is C18H20N4O4. The van der Waals surface area contributed by atoms with E-state index >= 15 is 0 Å². The second kappa shape index (κ2) is 7.90. The highest BCUT2D eigenvalue weighted by Crippen LogP contribution is 2.23. The zero-order valence-corrected chi connectivity index (χ0v) is 14.4. The number of hydrogen-bond acceptors (Lipinski definition) is 6. The van der Waals surface area contributed by atoms with Gasteiger partial charge in [0.15, 0.2) is 0 Å². The Morgan fingerprint density at radius 3 is 2.58 bits per heavy atom. The molecule has 0 unspecified atom stereocenters. The number of ether oxygens (including phenoxy) is 1. The average molecular weight is 356 g/mol. The SMILES string of the molecule is Cc1ccc(C(=O)NC2CCC(Oc3ncccn3)CC2)cc1[N+](=O)[O-]. The summed E-state index contributed by atoms with van der Waals surface area (Å²) in [5.41, 5.74) is 0.795. The van der Waals surface area contributed by atoms with Crippen molar-refractivity contribution in [2.45, 2.75) is 44.8 Å². The number of amides is 1. The summed E-state index contributed by atoms with van der Waals surface area (Å²) in [6.07, 6.45) is 6.43. The topological polar surface area (TPSA) is 107 Å². The van der Waals surface area contributed by atoms with Gasteiger partial charge in [-0.15, -0.1) is 0 Å². The maximum atomic E-state index is 12.4. The summed E-state index contributed by atoms with van der Waals surface area (Å²) in [7, 11) is 0. The van der Waals surface area contributed by atoms with Crippen molar-refractivity contribution in [3.8, 4) is 6.01 Å². The lowest BCUT2D eigenvalue weighted by molar-refractivity contribution is -0.385. The molecule has 1 aliphatic carbocycles. The Labute approximate surface area is 150 Å². The smallest absolute Gasteiger partial charge is 0.316 e. The van der Waals surface area contributed by atoms with E-state index in [1.54, 1.807) is 37.5 Å². The molecule has 0 atom stereocenters. The zero-order chi connectivity index (χ0) is 18.5. The van der Waals surface area contributed by atoms with Crippen LogP contribution >= 0.6 is 0 Å². The van der Waals surface area contributed by atoms with Gasteiger partial charge in [0.2, 0.25) is 0 Å². The molecule has 1 aromatic carbocycles. The number of rotatable bonds is 5. The van der Waals surface area contributed by atoms with Gasteiger partial charge < -0.3 is 10.1 Å². The molecule has 26 heavy (non-hydrogen) atoms. The van der Waals surface area contributed by atoms with Crippen molar-refractivity contribution in [3.05, 3.63) is 57.9 Å². The second-order valence-electron chi connectivity index (χ2n) is 6.35. The number of nitrogens with zero attached hydrogens (tertiary/aromatic N) is 3. The van der Waals surface area contributed by atoms with Crippen LogP contribution in [0.4, 0.5) is 5.69 Å². The minimum atomic E-state index is -0.472. The first kappa shape index (κ1) is 17.8. The van der Waals surface area contributed by atoms with Crippen LogP contribution in [0.25, 0.3) is 0 Å². The normalized spacial score (nSPS) is 19.6. The van der Waals surface area contributed by atoms with Crippen LogP contribution in [-0.2, 0) is 0 Å². The molecule has 1 fully saturated rings. The maximum Gasteiger partial charge on any atom is 0.316 e. The van der Waals surface area contributed by atoms with Gasteiger partial charge in [-0.2, -0.15) is 0 Å². The van der Waals surface area contributed by atoms with Crippen molar-refractivity contribution in [2.75, 3.05) is 0 Å². The summed E-state index contributed by atoms with van der Waals surface area (Å²) >= 11 is 0. The van der Waals surface area contributed by atoms with Gasteiger partial charge in [0.25, 0.3) is 11.6 Å². The summed E-state index contributed by atoms with van der Waals surface area (Å²) in [5.74, 6) is -0.288. The van der Waals surface area contributed by atoms with Crippen LogP contribution in [-0.4, -0.2) is 32.9 Å². The van der Waals surface area contributed by atoms with Crippen molar-refractivity contribution in [3.63, 3.8) is 0 Å². The number of hydrogen-bond donors (Lipinski definition) is 1. The van der Waals surface area contributed by atoms with Gasteiger partial charge in [0.05, 0.1) is 4.92 Å². The van der Waals surface area contributed by atoms with Crippen LogP contribution in [0.2, 0.25) is 0 Å². The average Bonchev–Trinajstić information content (AvgIpc) is 2.64. The van der Waals surface area contributed by atoms with E-state index in [4.69, 9.17) is 4.74 Å². The number of carbonyl (C=O) groups is 1. The molecule has 1 amide bonds. The predicted molar refractivity (Wildman–Crippen MR) is 94.0 cm³/mol. The van der Waals surface area contributed by atoms with E-state index in [0.717, 1.165) is 25.7 Å². The van der Waals surface area contributed by atoms with E-state index in [0.29, 0.717) is 17.1 Å². The first-order valence-corrected chi connectivity index (χ1v) is 8.52. The number of benzene rings is 1. The van der Waals surface area contributed by atoms with Gasteiger partial charge in [-0.25, -0.2) is 9.97 Å². The van der Waals surface area contributed by atoms with Crippen molar-refractivity contribution < 1.29 is 14.5 Å². The molecule has 2 aromatic rings. The monoisotopic (exact) mass is 356 g/mol. The summed E-state index contributed by atoms with van der Waals surface area (Å²) < 4.78 is 5.74. The summed E-state index contributed by atoms with van der Waals surface area (Å²) in [4.78, 5) is 31.0. The molecule has 1 aromatic heterocycles. The van der Waals surface area contributed by atoms with Gasteiger partial charge in [0.1, 0.15) is 6.10 Å². The van der Waals surface area contributed by atoms with Crippen molar-refractivity contribution >= 4 is 11.6 Å². The highest BCUT2D eigenvalue weighted by Gasteiger charge is 2.25. The zero-order valence-electron chi connectivity index (χ0n) is 14.4. The Bertz CT molecular complexity index is 789. The van der Waals surface area contributed by atoms with Crippen LogP contribution in [0.5, 0.6) is 6.01 Å². The largest absolute Gasteiger partial charge is 0.460 e. The first-order valence-electron chi connectivity index (χ1n) is 8.52. The van der Waals surface area contributed by atoms with Gasteiger partial charge in [0, 0.05) is 35.6 Å². The summed E-state index contributed by atoms with van der Waals surface area (Å²) in [6, 6.07) is 6.66. The van der Waals surface area contributed by atoms with Gasteiger partial charge in [-0.1, -0.05) is 6.07 Å². The lowest BCUT2D eigenvalue weighted by atomic mass is 9.92. The molecule has 0 bridgehead atoms. The number of aryl methyl sites for hydroxylation is 1. The van der Waals surface area contributed by atoms with Crippen molar-refractivity contribution in [1.82, 2.24) is 15.3 Å². The van der Waals surface area contributed by atoms with Gasteiger partial charge in [-0.05, 0) is 44.7 Å². The number of aromatic nitrogens is 2. The highest BCUT2D eigenvalue weighted by molar-refractivity contribution is 5.95. The molecular weight excluding hydrogens is 336 g/mol. The molecule has 0 spiro atoms. The number of nitrogens with one attached hydrogen (secondary N) is 1. The van der Waals surface area contributed by atoms with E-state index < -0.39 is 4.92 Å². The van der Waals surface area contributed by atoms with Crippen LogP contribution in [0.3, 0.4) is 0 Å². The van der Waals surface area contributed by atoms with Crippen molar-refractivity contribution in [2.24, 2.45) is 0 Å². The molecule has 8 nitrogen and oxygen atoms in total. The Morgan fingerprint density at radius 2 is 1.92 bits per heavy atom. The lowest BCUT2D eigenvalue weighted by Gasteiger charge is -2.28. The number of nitro groups is 1. The molecule has 0 aliphatic heterocycles. The summed E-state index contributed by atoms with van der Waals surface area (Å²) in [6.45, 7) is 1.65. The molecule has 1 heterocycles. The van der Waals surface area contributed by atoms with E-state index in [1.807, 2.05) is 0 Å². The third kappa shape index (κ3) is 4.33. The highest BCUT2D eigenvalue weighted by atomic mass is 16.6. The number of carbonyl (C=O) groups excluding carboxylic acids is 1. The fourth-order valence-electron chi connectivity index (χ4n) is 3.04. The Hall–Kier alpha value is -3.03. The van der Waals surface area contributed by atoms with Crippen molar-refractivity contribution in [1.29, 1.82) is 0 Å². The Balaban J connectivity index is 1.53. The fourth-order valence-corrected chi connectivity index (χ4v) is 3.04. The van der Waals surface area contributed by atoms with Gasteiger partial charge >= 0.3 is 6.01 Å². The maximum absolute atomic E-state index is 12.4. The minimum Gasteiger partial charge on any atom is -0.460 e. The van der Waals surface area contributed by atoms with E-state index in [1.165, 1.54) is 6.07 Å². The van der Waals surface area contributed by atoms with Crippen LogP contribution < -0.4 is 10.1 Å². The first-order chi connectivity index (χ1) is 12.5. The van der Waals surface area contributed by atoms with E-state index in [-0.39, 0.29) is 23.7 Å². The molecule has 1 N–H and O–H groups in total. The van der Waals surface area contributed by atoms with Crippen LogP contribution in [0, 0.1) is 17.0 Å². The molecule has 1 aliphatic rings. The summed E-state index contributed by atoms with van der Waals surface area (Å²) in [5, 5.41) is 14.0. The fraction of sp³-hybridized carbons (Fsp3) is 0.389. The third-order valence-corrected chi connectivity index (χ3v) is 4.49. The van der Waals surface area contributed by atoms with Gasteiger partial charge in [-0.3, -0.25) is 14.9 Å². The molecule has 8 heteroatoms. The molecule has 136 valence electrons. The molecule has 0 saturated heterocycles. The van der Waals surface area contributed by atoms with E-state index in [2.05, 4.69) is 15.3 Å². The molecule has 1 saturated carbocycles. The third-order valence-electron chi connectivity index (χ3n) is 4.49. The van der Waals surface area contributed by atoms with E-state index in [9.17, 15) is 14.9 Å². The molecule has 3 rings (SSSR count). The quantitative estimate of drug-likeness (QED) is 0.652.